The Hall–Kier alpha value is -1.80. The van der Waals surface area contributed by atoms with E-state index in [1.54, 1.807) is 0 Å². The van der Waals surface area contributed by atoms with Crippen LogP contribution in [0.5, 0.6) is 0 Å². The molecule has 3 rings (SSSR count). The Balaban J connectivity index is 1.81. The second kappa shape index (κ2) is 4.22. The van der Waals surface area contributed by atoms with Crippen LogP contribution in [0, 0.1) is 0 Å². The average molecular weight is 225 g/mol. The largest absolute Gasteiger partial charge is 0.386 e. The first-order valence-electron chi connectivity index (χ1n) is 5.92. The zero-order valence-corrected chi connectivity index (χ0v) is 9.51. The minimum absolute atomic E-state index is 0.0785. The zero-order valence-electron chi connectivity index (χ0n) is 9.51. The molecule has 0 saturated carbocycles. The maximum Gasteiger partial charge on any atom is 0.0994 e. The molecule has 0 radical (unpaired) electrons. The topological polar surface area (TPSA) is 32.3 Å². The SMILES string of the molecule is OC(c1ccccc1)C1Cc2ccccc2N1. The third-order valence-electron chi connectivity index (χ3n) is 3.32. The number of rotatable bonds is 2. The smallest absolute Gasteiger partial charge is 0.0994 e. The van der Waals surface area contributed by atoms with Crippen LogP contribution in [0.2, 0.25) is 0 Å². The average Bonchev–Trinajstić information content (AvgIpc) is 2.82. The number of anilines is 1. The lowest BCUT2D eigenvalue weighted by Gasteiger charge is -2.19. The molecule has 2 unspecified atom stereocenters. The first-order chi connectivity index (χ1) is 8.34. The van der Waals surface area contributed by atoms with Crippen molar-refractivity contribution in [3.8, 4) is 0 Å². The van der Waals surface area contributed by atoms with Crippen LogP contribution in [0.25, 0.3) is 0 Å². The number of hydrogen-bond donors (Lipinski definition) is 2. The summed E-state index contributed by atoms with van der Waals surface area (Å²) in [7, 11) is 0. The fraction of sp³-hybridized carbons (Fsp3) is 0.200. The molecule has 0 aromatic heterocycles. The van der Waals surface area contributed by atoms with Gasteiger partial charge in [0.25, 0.3) is 0 Å². The van der Waals surface area contributed by atoms with Gasteiger partial charge in [0.2, 0.25) is 0 Å². The molecule has 2 nitrogen and oxygen atoms in total. The maximum absolute atomic E-state index is 10.3. The van der Waals surface area contributed by atoms with Gasteiger partial charge in [-0.1, -0.05) is 48.5 Å². The van der Waals surface area contributed by atoms with Crippen LogP contribution in [-0.4, -0.2) is 11.1 Å². The molecule has 0 saturated heterocycles. The molecule has 0 aliphatic carbocycles. The summed E-state index contributed by atoms with van der Waals surface area (Å²) >= 11 is 0. The minimum atomic E-state index is -0.455. The number of nitrogens with one attached hydrogen (secondary N) is 1. The van der Waals surface area contributed by atoms with Gasteiger partial charge < -0.3 is 10.4 Å². The van der Waals surface area contributed by atoms with Gasteiger partial charge in [-0.2, -0.15) is 0 Å². The molecule has 1 aliphatic heterocycles. The number of fused-ring (bicyclic) bond motifs is 1. The van der Waals surface area contributed by atoms with E-state index in [0.717, 1.165) is 17.7 Å². The van der Waals surface area contributed by atoms with Crippen molar-refractivity contribution in [2.45, 2.75) is 18.6 Å². The second-order valence-electron chi connectivity index (χ2n) is 4.47. The lowest BCUT2D eigenvalue weighted by molar-refractivity contribution is 0.156. The highest BCUT2D eigenvalue weighted by Crippen LogP contribution is 2.31. The predicted molar refractivity (Wildman–Crippen MR) is 69.0 cm³/mol. The van der Waals surface area contributed by atoms with Gasteiger partial charge in [-0.05, 0) is 23.6 Å². The fourth-order valence-electron chi connectivity index (χ4n) is 2.40. The van der Waals surface area contributed by atoms with E-state index in [9.17, 15) is 5.11 Å². The van der Waals surface area contributed by atoms with Gasteiger partial charge >= 0.3 is 0 Å². The Morgan fingerprint density at radius 2 is 1.71 bits per heavy atom. The molecule has 2 heteroatoms. The van der Waals surface area contributed by atoms with Gasteiger partial charge in [0.05, 0.1) is 12.1 Å². The van der Waals surface area contributed by atoms with Gasteiger partial charge in [0.1, 0.15) is 0 Å². The van der Waals surface area contributed by atoms with E-state index in [1.165, 1.54) is 5.56 Å². The molecule has 1 aliphatic rings. The molecule has 0 fully saturated rings. The monoisotopic (exact) mass is 225 g/mol. The Morgan fingerprint density at radius 3 is 2.47 bits per heavy atom. The number of benzene rings is 2. The van der Waals surface area contributed by atoms with Crippen LogP contribution >= 0.6 is 0 Å². The maximum atomic E-state index is 10.3. The second-order valence-corrected chi connectivity index (χ2v) is 4.47. The molecule has 0 amide bonds. The molecule has 0 spiro atoms. The third-order valence-corrected chi connectivity index (χ3v) is 3.32. The zero-order chi connectivity index (χ0) is 11.7. The van der Waals surface area contributed by atoms with E-state index in [-0.39, 0.29) is 6.04 Å². The fourth-order valence-corrected chi connectivity index (χ4v) is 2.40. The molecule has 17 heavy (non-hydrogen) atoms. The van der Waals surface area contributed by atoms with Gasteiger partial charge in [-0.25, -0.2) is 0 Å². The summed E-state index contributed by atoms with van der Waals surface area (Å²) in [4.78, 5) is 0. The van der Waals surface area contributed by atoms with Crippen LogP contribution in [0.1, 0.15) is 17.2 Å². The van der Waals surface area contributed by atoms with Crippen molar-refractivity contribution in [3.05, 3.63) is 65.7 Å². The van der Waals surface area contributed by atoms with Gasteiger partial charge in [0, 0.05) is 5.69 Å². The molecule has 2 aromatic rings. The van der Waals surface area contributed by atoms with E-state index < -0.39 is 6.10 Å². The van der Waals surface area contributed by atoms with Gasteiger partial charge in [-0.15, -0.1) is 0 Å². The van der Waals surface area contributed by atoms with E-state index in [0.29, 0.717) is 0 Å². The first kappa shape index (κ1) is 10.4. The van der Waals surface area contributed by atoms with Crippen molar-refractivity contribution in [1.29, 1.82) is 0 Å². The number of para-hydroxylation sites is 1. The summed E-state index contributed by atoms with van der Waals surface area (Å²) in [6.45, 7) is 0. The molecule has 0 bridgehead atoms. The summed E-state index contributed by atoms with van der Waals surface area (Å²) in [5.41, 5.74) is 3.40. The summed E-state index contributed by atoms with van der Waals surface area (Å²) in [6, 6.07) is 18.1. The highest BCUT2D eigenvalue weighted by molar-refractivity contribution is 5.57. The lowest BCUT2D eigenvalue weighted by Crippen LogP contribution is -2.24. The van der Waals surface area contributed by atoms with Crippen molar-refractivity contribution in [1.82, 2.24) is 0 Å². The summed E-state index contributed by atoms with van der Waals surface area (Å²) in [5, 5.41) is 13.7. The van der Waals surface area contributed by atoms with Crippen molar-refractivity contribution in [3.63, 3.8) is 0 Å². The standard InChI is InChI=1S/C15H15NO/c17-15(11-6-2-1-3-7-11)14-10-12-8-4-5-9-13(12)16-14/h1-9,14-17H,10H2. The predicted octanol–water partition coefficient (Wildman–Crippen LogP) is 2.76. The van der Waals surface area contributed by atoms with Crippen molar-refractivity contribution >= 4 is 5.69 Å². The summed E-state index contributed by atoms with van der Waals surface area (Å²) < 4.78 is 0. The van der Waals surface area contributed by atoms with Crippen LogP contribution in [0.3, 0.4) is 0 Å². The number of hydrogen-bond acceptors (Lipinski definition) is 2. The van der Waals surface area contributed by atoms with E-state index in [1.807, 2.05) is 42.5 Å². The Kier molecular flexibility index (Phi) is 2.57. The van der Waals surface area contributed by atoms with E-state index >= 15 is 0 Å². The van der Waals surface area contributed by atoms with Gasteiger partial charge in [0.15, 0.2) is 0 Å². The number of aliphatic hydroxyl groups excluding tert-OH is 1. The molecule has 2 atom stereocenters. The lowest BCUT2D eigenvalue weighted by atomic mass is 9.99. The molecule has 86 valence electrons. The van der Waals surface area contributed by atoms with E-state index in [2.05, 4.69) is 17.4 Å². The molecule has 1 heterocycles. The highest BCUT2D eigenvalue weighted by atomic mass is 16.3. The summed E-state index contributed by atoms with van der Waals surface area (Å²) in [5.74, 6) is 0. The van der Waals surface area contributed by atoms with Crippen LogP contribution < -0.4 is 5.32 Å². The Bertz CT molecular complexity index is 484. The van der Waals surface area contributed by atoms with Gasteiger partial charge in [-0.3, -0.25) is 0 Å². The highest BCUT2D eigenvalue weighted by Gasteiger charge is 2.27. The van der Waals surface area contributed by atoms with Crippen molar-refractivity contribution in [2.24, 2.45) is 0 Å². The number of aliphatic hydroxyl groups is 1. The van der Waals surface area contributed by atoms with Crippen LogP contribution in [-0.2, 0) is 6.42 Å². The Labute approximate surface area is 101 Å². The summed E-state index contributed by atoms with van der Waals surface area (Å²) in [6.07, 6.45) is 0.426. The quantitative estimate of drug-likeness (QED) is 0.823. The molecule has 2 N–H and O–H groups in total. The molecule has 2 aromatic carbocycles. The normalized spacial score (nSPS) is 19.5. The van der Waals surface area contributed by atoms with Crippen LogP contribution in [0.15, 0.2) is 54.6 Å². The van der Waals surface area contributed by atoms with Crippen LogP contribution in [0.4, 0.5) is 5.69 Å². The van der Waals surface area contributed by atoms with Crippen molar-refractivity contribution < 1.29 is 5.11 Å². The third kappa shape index (κ3) is 1.92. The van der Waals surface area contributed by atoms with Crippen molar-refractivity contribution in [2.75, 3.05) is 5.32 Å². The molecular weight excluding hydrogens is 210 g/mol. The van der Waals surface area contributed by atoms with E-state index in [4.69, 9.17) is 0 Å². The Morgan fingerprint density at radius 1 is 1.00 bits per heavy atom. The first-order valence-corrected chi connectivity index (χ1v) is 5.92. The minimum Gasteiger partial charge on any atom is -0.386 e. The molecular formula is C15H15NO.